The first kappa shape index (κ1) is 11.4. The van der Waals surface area contributed by atoms with Crippen LogP contribution >= 0.6 is 0 Å². The molecule has 0 bridgehead atoms. The van der Waals surface area contributed by atoms with Crippen molar-refractivity contribution in [3.63, 3.8) is 0 Å². The van der Waals surface area contributed by atoms with Gasteiger partial charge in [-0.25, -0.2) is 0 Å². The van der Waals surface area contributed by atoms with Crippen LogP contribution in [0.1, 0.15) is 24.2 Å². The molecule has 0 saturated carbocycles. The van der Waals surface area contributed by atoms with E-state index in [1.807, 2.05) is 6.07 Å². The fraction of sp³-hybridized carbons (Fsp3) is 0.538. The minimum atomic E-state index is 0.279. The zero-order valence-corrected chi connectivity index (χ0v) is 10.2. The largest absolute Gasteiger partial charge is 0.496 e. The molecular weight excluding hydrogens is 200 g/mol. The summed E-state index contributed by atoms with van der Waals surface area (Å²) in [4.78, 5) is 0. The molecule has 1 aromatic carbocycles. The Labute approximate surface area is 97.2 Å². The number of rotatable bonds is 2. The number of hydrogen-bond acceptors (Lipinski definition) is 3. The molecule has 1 heterocycles. The van der Waals surface area contributed by atoms with Gasteiger partial charge in [0.05, 0.1) is 13.3 Å². The van der Waals surface area contributed by atoms with Crippen molar-refractivity contribution in [2.75, 3.05) is 20.2 Å². The van der Waals surface area contributed by atoms with Crippen molar-refractivity contribution in [2.24, 2.45) is 5.92 Å². The third-order valence-corrected chi connectivity index (χ3v) is 3.09. The third-order valence-electron chi connectivity index (χ3n) is 3.09. The highest BCUT2D eigenvalue weighted by Gasteiger charge is 2.18. The van der Waals surface area contributed by atoms with E-state index in [1.165, 1.54) is 11.1 Å². The van der Waals surface area contributed by atoms with Crippen molar-refractivity contribution in [3.8, 4) is 5.75 Å². The van der Waals surface area contributed by atoms with Gasteiger partial charge in [0.25, 0.3) is 0 Å². The molecule has 2 rings (SSSR count). The van der Waals surface area contributed by atoms with Crippen LogP contribution in [0, 0.1) is 12.8 Å². The summed E-state index contributed by atoms with van der Waals surface area (Å²) < 4.78 is 5.26. The normalized spacial score (nSPS) is 25.4. The van der Waals surface area contributed by atoms with Gasteiger partial charge >= 0.3 is 0 Å². The van der Waals surface area contributed by atoms with E-state index in [0.29, 0.717) is 5.92 Å². The van der Waals surface area contributed by atoms with Gasteiger partial charge in [0, 0.05) is 13.1 Å². The van der Waals surface area contributed by atoms with E-state index < -0.39 is 0 Å². The zero-order valence-electron chi connectivity index (χ0n) is 10.2. The first-order chi connectivity index (χ1) is 7.70. The fourth-order valence-electron chi connectivity index (χ4n) is 2.10. The van der Waals surface area contributed by atoms with Gasteiger partial charge in [-0.15, -0.1) is 0 Å². The van der Waals surface area contributed by atoms with Crippen molar-refractivity contribution < 1.29 is 4.74 Å². The van der Waals surface area contributed by atoms with Gasteiger partial charge in [-0.2, -0.15) is 0 Å². The monoisotopic (exact) mass is 220 g/mol. The number of aryl methyl sites for hydroxylation is 1. The lowest BCUT2D eigenvalue weighted by atomic mass is 10.0. The lowest BCUT2D eigenvalue weighted by molar-refractivity contribution is 0.314. The van der Waals surface area contributed by atoms with Crippen LogP contribution in [-0.4, -0.2) is 20.2 Å². The summed E-state index contributed by atoms with van der Waals surface area (Å²) in [5.74, 6) is 1.66. The van der Waals surface area contributed by atoms with Gasteiger partial charge in [0.1, 0.15) is 5.75 Å². The van der Waals surface area contributed by atoms with Crippen LogP contribution < -0.4 is 15.4 Å². The SMILES string of the molecule is COc1ccc(C2NCC(C)CN2)cc1C. The topological polar surface area (TPSA) is 33.3 Å². The maximum absolute atomic E-state index is 5.26. The van der Waals surface area contributed by atoms with Gasteiger partial charge in [0.2, 0.25) is 0 Å². The molecule has 3 nitrogen and oxygen atoms in total. The number of methoxy groups -OCH3 is 1. The minimum Gasteiger partial charge on any atom is -0.496 e. The molecule has 0 aliphatic carbocycles. The lowest BCUT2D eigenvalue weighted by Crippen LogP contribution is -2.45. The first-order valence-electron chi connectivity index (χ1n) is 5.82. The van der Waals surface area contributed by atoms with Gasteiger partial charge in [0.15, 0.2) is 0 Å². The molecule has 1 saturated heterocycles. The first-order valence-corrected chi connectivity index (χ1v) is 5.82. The van der Waals surface area contributed by atoms with Crippen molar-refractivity contribution in [2.45, 2.75) is 20.0 Å². The standard InChI is InChI=1S/C13H20N2O/c1-9-7-14-13(15-8-9)11-4-5-12(16-3)10(2)6-11/h4-6,9,13-15H,7-8H2,1-3H3. The maximum atomic E-state index is 5.26. The Balaban J connectivity index is 2.12. The quantitative estimate of drug-likeness (QED) is 0.798. The predicted molar refractivity (Wildman–Crippen MR) is 65.6 cm³/mol. The average molecular weight is 220 g/mol. The lowest BCUT2D eigenvalue weighted by Gasteiger charge is -2.29. The van der Waals surface area contributed by atoms with Gasteiger partial charge in [-0.1, -0.05) is 13.0 Å². The summed E-state index contributed by atoms with van der Waals surface area (Å²) >= 11 is 0. The van der Waals surface area contributed by atoms with E-state index in [2.05, 4.69) is 36.6 Å². The Bertz CT molecular complexity index is 357. The second-order valence-electron chi connectivity index (χ2n) is 4.58. The molecule has 1 fully saturated rings. The van der Waals surface area contributed by atoms with Gasteiger partial charge in [-0.05, 0) is 36.1 Å². The van der Waals surface area contributed by atoms with E-state index >= 15 is 0 Å². The summed E-state index contributed by atoms with van der Waals surface area (Å²) in [7, 11) is 1.71. The fourth-order valence-corrected chi connectivity index (χ4v) is 2.10. The molecule has 0 aromatic heterocycles. The van der Waals surface area contributed by atoms with E-state index in [4.69, 9.17) is 4.74 Å². The summed E-state index contributed by atoms with van der Waals surface area (Å²) in [5.41, 5.74) is 2.47. The number of ether oxygens (including phenoxy) is 1. The molecule has 0 spiro atoms. The molecule has 1 aliphatic rings. The third kappa shape index (κ3) is 2.36. The minimum absolute atomic E-state index is 0.279. The maximum Gasteiger partial charge on any atom is 0.121 e. The van der Waals surface area contributed by atoms with Gasteiger partial charge < -0.3 is 4.74 Å². The molecule has 16 heavy (non-hydrogen) atoms. The van der Waals surface area contributed by atoms with Crippen molar-refractivity contribution in [1.29, 1.82) is 0 Å². The molecule has 0 amide bonds. The molecule has 0 unspecified atom stereocenters. The molecule has 2 N–H and O–H groups in total. The van der Waals surface area contributed by atoms with Crippen LogP contribution in [0.3, 0.4) is 0 Å². The highest BCUT2D eigenvalue weighted by molar-refractivity contribution is 5.37. The molecule has 0 atom stereocenters. The number of benzene rings is 1. The molecule has 1 aliphatic heterocycles. The Morgan fingerprint density at radius 3 is 2.50 bits per heavy atom. The molecule has 0 radical (unpaired) electrons. The van der Waals surface area contributed by atoms with Crippen molar-refractivity contribution in [3.05, 3.63) is 29.3 Å². The van der Waals surface area contributed by atoms with Crippen LogP contribution in [0.15, 0.2) is 18.2 Å². The van der Waals surface area contributed by atoms with Crippen molar-refractivity contribution >= 4 is 0 Å². The van der Waals surface area contributed by atoms with Crippen LogP contribution in [0.2, 0.25) is 0 Å². The summed E-state index contributed by atoms with van der Waals surface area (Å²) in [6.07, 6.45) is 0.279. The van der Waals surface area contributed by atoms with Gasteiger partial charge in [-0.3, -0.25) is 10.6 Å². The van der Waals surface area contributed by atoms with Crippen LogP contribution in [0.4, 0.5) is 0 Å². The molecular formula is C13H20N2O. The zero-order chi connectivity index (χ0) is 11.5. The Morgan fingerprint density at radius 2 is 1.94 bits per heavy atom. The summed E-state index contributed by atoms with van der Waals surface area (Å²) in [6, 6.07) is 6.33. The van der Waals surface area contributed by atoms with E-state index in [1.54, 1.807) is 7.11 Å². The van der Waals surface area contributed by atoms with Crippen LogP contribution in [0.5, 0.6) is 5.75 Å². The smallest absolute Gasteiger partial charge is 0.121 e. The van der Waals surface area contributed by atoms with E-state index in [-0.39, 0.29) is 6.17 Å². The molecule has 3 heteroatoms. The number of hydrogen-bond donors (Lipinski definition) is 2. The predicted octanol–water partition coefficient (Wildman–Crippen LogP) is 1.83. The van der Waals surface area contributed by atoms with Crippen LogP contribution in [-0.2, 0) is 0 Å². The highest BCUT2D eigenvalue weighted by atomic mass is 16.5. The second-order valence-corrected chi connectivity index (χ2v) is 4.58. The Hall–Kier alpha value is -1.06. The van der Waals surface area contributed by atoms with Crippen LogP contribution in [0.25, 0.3) is 0 Å². The Kier molecular flexibility index (Phi) is 3.46. The summed E-state index contributed by atoms with van der Waals surface area (Å²) in [5, 5.41) is 7.00. The Morgan fingerprint density at radius 1 is 1.25 bits per heavy atom. The average Bonchev–Trinajstić information content (AvgIpc) is 2.30. The molecule has 1 aromatic rings. The number of nitrogens with one attached hydrogen (secondary N) is 2. The molecule has 88 valence electrons. The van der Waals surface area contributed by atoms with Crippen molar-refractivity contribution in [1.82, 2.24) is 10.6 Å². The van der Waals surface area contributed by atoms with E-state index in [9.17, 15) is 0 Å². The summed E-state index contributed by atoms with van der Waals surface area (Å²) in [6.45, 7) is 6.47. The highest BCUT2D eigenvalue weighted by Crippen LogP contribution is 2.22. The van der Waals surface area contributed by atoms with E-state index in [0.717, 1.165) is 18.8 Å². The second kappa shape index (κ2) is 4.85.